The Bertz CT molecular complexity index is 1020. The summed E-state index contributed by atoms with van der Waals surface area (Å²) < 4.78 is 11.5. The number of allylic oxidation sites excluding steroid dienone is 2. The lowest BCUT2D eigenvalue weighted by atomic mass is 10.1. The van der Waals surface area contributed by atoms with Gasteiger partial charge in [-0.3, -0.25) is 9.59 Å². The number of hydrogen-bond acceptors (Lipinski definition) is 8. The minimum atomic E-state index is -0.262. The molecule has 3 aliphatic rings. The van der Waals surface area contributed by atoms with E-state index in [2.05, 4.69) is 20.6 Å². The zero-order valence-corrected chi connectivity index (χ0v) is 19.3. The van der Waals surface area contributed by atoms with Crippen LogP contribution in [0.4, 0.5) is 11.6 Å². The summed E-state index contributed by atoms with van der Waals surface area (Å²) in [5, 5.41) is 6.08. The van der Waals surface area contributed by atoms with Crippen molar-refractivity contribution in [2.24, 2.45) is 0 Å². The van der Waals surface area contributed by atoms with Gasteiger partial charge in [-0.2, -0.15) is 0 Å². The number of nitrogens with one attached hydrogen (secondary N) is 2. The number of methoxy groups -OCH3 is 1. The van der Waals surface area contributed by atoms with Crippen LogP contribution >= 0.6 is 0 Å². The SMILES string of the molecule is COC1=CC=C2CC1OCCCC(=O)N(C)CCCN(C)c1ncnc3c1/C(=C\N2)C(=O)N3. The lowest BCUT2D eigenvalue weighted by Crippen LogP contribution is -2.31. The van der Waals surface area contributed by atoms with E-state index in [1.54, 1.807) is 18.2 Å². The van der Waals surface area contributed by atoms with Crippen LogP contribution in [-0.4, -0.2) is 73.7 Å². The number of amides is 2. The molecule has 2 bridgehead atoms. The van der Waals surface area contributed by atoms with E-state index in [0.717, 1.165) is 17.9 Å². The molecule has 2 N–H and O–H groups in total. The van der Waals surface area contributed by atoms with Crippen molar-refractivity contribution >= 4 is 29.0 Å². The number of ether oxygens (including phenoxy) is 2. The van der Waals surface area contributed by atoms with Crippen molar-refractivity contribution in [2.75, 3.05) is 51.1 Å². The Morgan fingerprint density at radius 2 is 1.94 bits per heavy atom. The summed E-state index contributed by atoms with van der Waals surface area (Å²) in [7, 11) is 5.37. The molecule has 33 heavy (non-hydrogen) atoms. The monoisotopic (exact) mass is 454 g/mol. The molecular weight excluding hydrogens is 424 g/mol. The summed E-state index contributed by atoms with van der Waals surface area (Å²) in [6.45, 7) is 1.76. The van der Waals surface area contributed by atoms with Gasteiger partial charge in [-0.05, 0) is 25.0 Å². The van der Waals surface area contributed by atoms with Crippen LogP contribution in [-0.2, 0) is 19.1 Å². The largest absolute Gasteiger partial charge is 0.498 e. The van der Waals surface area contributed by atoms with E-state index in [1.165, 1.54) is 6.33 Å². The van der Waals surface area contributed by atoms with E-state index in [4.69, 9.17) is 9.47 Å². The quantitative estimate of drug-likeness (QED) is 0.659. The van der Waals surface area contributed by atoms with Crippen LogP contribution in [0.5, 0.6) is 0 Å². The first-order chi connectivity index (χ1) is 16.0. The zero-order valence-electron chi connectivity index (χ0n) is 19.3. The average molecular weight is 455 g/mol. The van der Waals surface area contributed by atoms with Crippen LogP contribution in [0.3, 0.4) is 0 Å². The third-order valence-corrected chi connectivity index (χ3v) is 6.01. The first-order valence-electron chi connectivity index (χ1n) is 11.1. The molecule has 3 heterocycles. The van der Waals surface area contributed by atoms with Gasteiger partial charge in [0.1, 0.15) is 29.8 Å². The molecule has 1 atom stereocenters. The molecule has 1 aliphatic carbocycles. The third kappa shape index (κ3) is 5.00. The van der Waals surface area contributed by atoms with Crippen LogP contribution in [0.15, 0.2) is 36.1 Å². The summed E-state index contributed by atoms with van der Waals surface area (Å²) in [4.78, 5) is 37.6. The smallest absolute Gasteiger partial charge is 0.259 e. The Morgan fingerprint density at radius 3 is 2.76 bits per heavy atom. The van der Waals surface area contributed by atoms with Crippen LogP contribution in [0.25, 0.3) is 5.57 Å². The highest BCUT2D eigenvalue weighted by molar-refractivity contribution is 6.32. The van der Waals surface area contributed by atoms with Crippen LogP contribution in [0.1, 0.15) is 31.2 Å². The van der Waals surface area contributed by atoms with Crippen molar-refractivity contribution in [1.82, 2.24) is 20.2 Å². The third-order valence-electron chi connectivity index (χ3n) is 6.01. The fraction of sp³-hybridized carbons (Fsp3) is 0.478. The van der Waals surface area contributed by atoms with Crippen molar-refractivity contribution in [1.29, 1.82) is 0 Å². The molecule has 1 aromatic heterocycles. The van der Waals surface area contributed by atoms with E-state index in [1.807, 2.05) is 31.1 Å². The standard InChI is InChI=1S/C23H30N6O4/c1-28-9-5-10-29(2)22-20-16(23(31)27-21(20)25-14-26-22)13-24-15-7-8-17(32-3)18(12-15)33-11-4-6-19(28)30/h7-8,13-14,18,24H,4-6,9-12H2,1-3H3,(H,25,26,27,31)/b16-13+. The molecule has 2 amide bonds. The fourth-order valence-corrected chi connectivity index (χ4v) is 4.12. The molecule has 0 aromatic carbocycles. The van der Waals surface area contributed by atoms with E-state index in [0.29, 0.717) is 61.7 Å². The molecule has 10 nitrogen and oxygen atoms in total. The number of nitrogens with zero attached hydrogens (tertiary/aromatic N) is 4. The molecule has 10 heteroatoms. The summed E-state index contributed by atoms with van der Waals surface area (Å²) in [5.41, 5.74) is 2.03. The number of aromatic nitrogens is 2. The Balaban J connectivity index is 1.65. The Kier molecular flexibility index (Phi) is 6.93. The van der Waals surface area contributed by atoms with Gasteiger partial charge in [0.15, 0.2) is 0 Å². The number of rotatable bonds is 1. The molecule has 2 aliphatic heterocycles. The Morgan fingerprint density at radius 1 is 1.12 bits per heavy atom. The van der Waals surface area contributed by atoms with Gasteiger partial charge in [0.05, 0.1) is 18.2 Å². The van der Waals surface area contributed by atoms with E-state index < -0.39 is 0 Å². The first kappa shape index (κ1) is 22.8. The molecule has 4 rings (SSSR count). The maximum absolute atomic E-state index is 12.7. The van der Waals surface area contributed by atoms with Crippen LogP contribution < -0.4 is 15.5 Å². The normalized spacial score (nSPS) is 23.7. The van der Waals surface area contributed by atoms with Gasteiger partial charge < -0.3 is 29.9 Å². The minimum absolute atomic E-state index is 0.0960. The summed E-state index contributed by atoms with van der Waals surface area (Å²) in [6.07, 6.45) is 9.06. The van der Waals surface area contributed by atoms with Crippen molar-refractivity contribution in [3.8, 4) is 0 Å². The van der Waals surface area contributed by atoms with Crippen molar-refractivity contribution in [2.45, 2.75) is 31.8 Å². The second-order valence-electron chi connectivity index (χ2n) is 8.30. The summed E-state index contributed by atoms with van der Waals surface area (Å²) in [5.74, 6) is 1.75. The molecule has 176 valence electrons. The number of fused-ring (bicyclic) bond motifs is 2. The van der Waals surface area contributed by atoms with E-state index in [-0.39, 0.29) is 17.9 Å². The molecular formula is C23H30N6O4. The average Bonchev–Trinajstić information content (AvgIpc) is 3.14. The highest BCUT2D eigenvalue weighted by Gasteiger charge is 2.31. The highest BCUT2D eigenvalue weighted by Crippen LogP contribution is 2.36. The molecule has 0 radical (unpaired) electrons. The lowest BCUT2D eigenvalue weighted by molar-refractivity contribution is -0.130. The number of anilines is 2. The van der Waals surface area contributed by atoms with E-state index in [9.17, 15) is 9.59 Å². The van der Waals surface area contributed by atoms with Crippen molar-refractivity contribution in [3.63, 3.8) is 0 Å². The molecule has 1 aromatic rings. The molecule has 0 saturated carbocycles. The van der Waals surface area contributed by atoms with Crippen molar-refractivity contribution < 1.29 is 19.1 Å². The van der Waals surface area contributed by atoms with Gasteiger partial charge in [0.2, 0.25) is 5.91 Å². The number of carbonyl (C=O) groups is 2. The van der Waals surface area contributed by atoms with E-state index >= 15 is 0 Å². The predicted molar refractivity (Wildman–Crippen MR) is 124 cm³/mol. The van der Waals surface area contributed by atoms with Gasteiger partial charge in [-0.15, -0.1) is 0 Å². The van der Waals surface area contributed by atoms with Gasteiger partial charge in [0, 0.05) is 58.5 Å². The topological polar surface area (TPSA) is 109 Å². The molecule has 1 unspecified atom stereocenters. The minimum Gasteiger partial charge on any atom is -0.498 e. The van der Waals surface area contributed by atoms with Crippen LogP contribution in [0.2, 0.25) is 0 Å². The van der Waals surface area contributed by atoms with Gasteiger partial charge >= 0.3 is 0 Å². The maximum Gasteiger partial charge on any atom is 0.259 e. The second-order valence-corrected chi connectivity index (χ2v) is 8.30. The van der Waals surface area contributed by atoms with Gasteiger partial charge in [0.25, 0.3) is 5.91 Å². The van der Waals surface area contributed by atoms with Gasteiger partial charge in [-0.25, -0.2) is 9.97 Å². The first-order valence-corrected chi connectivity index (χ1v) is 11.1. The molecule has 0 saturated heterocycles. The number of hydrogen-bond donors (Lipinski definition) is 2. The zero-order chi connectivity index (χ0) is 23.4. The predicted octanol–water partition coefficient (Wildman–Crippen LogP) is 1.64. The molecule has 0 spiro atoms. The summed E-state index contributed by atoms with van der Waals surface area (Å²) in [6, 6.07) is 0. The fourth-order valence-electron chi connectivity index (χ4n) is 4.12. The van der Waals surface area contributed by atoms with Crippen LogP contribution in [0, 0.1) is 0 Å². The Labute approximate surface area is 193 Å². The highest BCUT2D eigenvalue weighted by atomic mass is 16.5. The lowest BCUT2D eigenvalue weighted by Gasteiger charge is -2.25. The maximum atomic E-state index is 12.7. The van der Waals surface area contributed by atoms with Gasteiger partial charge in [-0.1, -0.05) is 0 Å². The Hall–Kier alpha value is -3.40. The summed E-state index contributed by atoms with van der Waals surface area (Å²) >= 11 is 0. The second kappa shape index (κ2) is 10.0. The van der Waals surface area contributed by atoms with Crippen molar-refractivity contribution in [3.05, 3.63) is 41.7 Å². The molecule has 0 fully saturated rings. The number of carbonyl (C=O) groups excluding carboxylic acids is 2.